The number of halogens is 2. The number of nitrogens with one attached hydrogen (secondary N) is 1. The van der Waals surface area contributed by atoms with Gasteiger partial charge >= 0.3 is 6.01 Å². The predicted octanol–water partition coefficient (Wildman–Crippen LogP) is 5.58. The van der Waals surface area contributed by atoms with E-state index in [9.17, 15) is 9.59 Å². The largest absolute Gasteiger partial charge is 0.424 e. The molecule has 5 rings (SSSR count). The smallest absolute Gasteiger partial charge is 0.324 e. The van der Waals surface area contributed by atoms with Crippen LogP contribution in [0.3, 0.4) is 0 Å². The molecule has 4 aromatic rings. The maximum absolute atomic E-state index is 13.4. The van der Waals surface area contributed by atoms with E-state index < -0.39 is 17.4 Å². The molecule has 2 heterocycles. The first-order valence-corrected chi connectivity index (χ1v) is 13.5. The Morgan fingerprint density at radius 2 is 1.61 bits per heavy atom. The van der Waals surface area contributed by atoms with Crippen molar-refractivity contribution in [3.8, 4) is 11.8 Å². The van der Waals surface area contributed by atoms with Crippen molar-refractivity contribution < 1.29 is 14.3 Å². The molecule has 11 heteroatoms. The van der Waals surface area contributed by atoms with Gasteiger partial charge in [0.25, 0.3) is 5.91 Å². The number of hydrazone groups is 1. The Balaban J connectivity index is 1.59. The fourth-order valence-electron chi connectivity index (χ4n) is 4.25. The number of rotatable bonds is 8. The number of carbonyl (C=O) groups excluding carboxylic acids is 2. The molecule has 1 unspecified atom stereocenters. The van der Waals surface area contributed by atoms with E-state index in [0.29, 0.717) is 22.3 Å². The summed E-state index contributed by atoms with van der Waals surface area (Å²) >= 11 is 12.2. The summed E-state index contributed by atoms with van der Waals surface area (Å²) in [5, 5.41) is 10.4. The van der Waals surface area contributed by atoms with E-state index in [1.807, 2.05) is 42.5 Å². The van der Waals surface area contributed by atoms with Crippen LogP contribution >= 0.6 is 23.2 Å². The molecule has 0 fully saturated rings. The number of benzene rings is 3. The fraction of sp³-hybridized carbons (Fsp3) is 0.167. The van der Waals surface area contributed by atoms with E-state index >= 15 is 0 Å². The number of nitrogens with two attached hydrogens (primary N) is 1. The average molecular weight is 589 g/mol. The molecule has 0 spiro atoms. The van der Waals surface area contributed by atoms with Crippen LogP contribution in [-0.2, 0) is 4.79 Å². The van der Waals surface area contributed by atoms with Crippen LogP contribution < -0.4 is 20.8 Å². The number of ether oxygens (including phenoxy) is 1. The summed E-state index contributed by atoms with van der Waals surface area (Å²) in [7, 11) is 0. The highest BCUT2D eigenvalue weighted by atomic mass is 35.5. The molecule has 0 saturated heterocycles. The van der Waals surface area contributed by atoms with Crippen LogP contribution in [0.5, 0.6) is 11.8 Å². The number of carbonyl (C=O) groups is 2. The fourth-order valence-corrected chi connectivity index (χ4v) is 4.50. The van der Waals surface area contributed by atoms with Crippen molar-refractivity contribution in [1.82, 2.24) is 15.3 Å². The second-order valence-corrected chi connectivity index (χ2v) is 10.8. The van der Waals surface area contributed by atoms with Crippen molar-refractivity contribution in [3.63, 3.8) is 0 Å². The minimum Gasteiger partial charge on any atom is -0.424 e. The Morgan fingerprint density at radius 3 is 2.24 bits per heavy atom. The van der Waals surface area contributed by atoms with Gasteiger partial charge in [-0.1, -0.05) is 65.7 Å². The van der Waals surface area contributed by atoms with Crippen molar-refractivity contribution in [2.45, 2.75) is 25.3 Å². The Hall–Kier alpha value is -4.47. The summed E-state index contributed by atoms with van der Waals surface area (Å²) in [6.07, 6.45) is 1.34. The van der Waals surface area contributed by atoms with Crippen molar-refractivity contribution in [2.24, 2.45) is 10.8 Å². The van der Waals surface area contributed by atoms with E-state index in [-0.39, 0.29) is 23.3 Å². The third-order valence-electron chi connectivity index (χ3n) is 6.56. The summed E-state index contributed by atoms with van der Waals surface area (Å²) in [5.41, 5.74) is 6.96. The van der Waals surface area contributed by atoms with Crippen LogP contribution in [0.15, 0.2) is 90.2 Å². The Morgan fingerprint density at radius 1 is 0.976 bits per heavy atom. The number of aromatic nitrogens is 2. The van der Waals surface area contributed by atoms with Gasteiger partial charge in [-0.25, -0.2) is 9.99 Å². The average Bonchev–Trinajstić information content (AvgIpc) is 3.40. The molecule has 208 valence electrons. The summed E-state index contributed by atoms with van der Waals surface area (Å²) in [4.78, 5) is 34.2. The zero-order chi connectivity index (χ0) is 29.1. The molecule has 1 aliphatic rings. The van der Waals surface area contributed by atoms with Crippen molar-refractivity contribution in [3.05, 3.63) is 112 Å². The van der Waals surface area contributed by atoms with E-state index in [2.05, 4.69) is 15.3 Å². The molecular weight excluding hydrogens is 563 g/mol. The van der Waals surface area contributed by atoms with Crippen LogP contribution in [-0.4, -0.2) is 39.6 Å². The Labute approximate surface area is 247 Å². The number of hydrogen-bond acceptors (Lipinski definition) is 7. The first-order chi connectivity index (χ1) is 19.6. The van der Waals surface area contributed by atoms with Gasteiger partial charge in [-0.15, -0.1) is 0 Å². The van der Waals surface area contributed by atoms with Gasteiger partial charge in [-0.2, -0.15) is 10.1 Å². The second kappa shape index (κ2) is 11.6. The zero-order valence-corrected chi connectivity index (χ0v) is 23.7. The molecule has 9 nitrogen and oxygen atoms in total. The highest BCUT2D eigenvalue weighted by Gasteiger charge is 2.35. The lowest BCUT2D eigenvalue weighted by Gasteiger charge is -2.24. The number of primary amides is 1. The molecule has 0 radical (unpaired) electrons. The maximum Gasteiger partial charge on any atom is 0.324 e. The van der Waals surface area contributed by atoms with Crippen LogP contribution in [0, 0.1) is 0 Å². The normalized spacial score (nSPS) is 14.9. The summed E-state index contributed by atoms with van der Waals surface area (Å²) in [6.45, 7) is 3.41. The molecule has 2 amide bonds. The second-order valence-electron chi connectivity index (χ2n) is 9.93. The Bertz CT molecular complexity index is 1610. The number of anilines is 1. The summed E-state index contributed by atoms with van der Waals surface area (Å²) in [5.74, 6) is -0.767. The van der Waals surface area contributed by atoms with Gasteiger partial charge in [0, 0.05) is 22.2 Å². The van der Waals surface area contributed by atoms with Gasteiger partial charge in [-0.05, 0) is 61.4 Å². The molecule has 1 aliphatic heterocycles. The molecule has 3 N–H and O–H groups in total. The van der Waals surface area contributed by atoms with Gasteiger partial charge in [0.15, 0.2) is 5.82 Å². The molecule has 3 aromatic carbocycles. The standard InChI is InChI=1S/C30H26Cl2N6O3/c1-30(2,28(33)40)36-27(39)23-16-34-29(41-22-14-12-21(32)13-15-22)35-26(23)38-17-24(18-6-4-3-5-7-18)25(37-38)19-8-10-20(31)11-9-19/h3-16,24H,17H2,1-2H3,(H2,33,40)(H,36,39). The quantitative estimate of drug-likeness (QED) is 0.277. The third-order valence-corrected chi connectivity index (χ3v) is 7.06. The number of amides is 2. The number of hydrogen-bond donors (Lipinski definition) is 2. The highest BCUT2D eigenvalue weighted by Crippen LogP contribution is 2.34. The van der Waals surface area contributed by atoms with Crippen LogP contribution in [0.2, 0.25) is 10.0 Å². The zero-order valence-electron chi connectivity index (χ0n) is 22.2. The molecule has 0 aliphatic carbocycles. The minimum absolute atomic E-state index is 0.000520. The van der Waals surface area contributed by atoms with E-state index in [1.165, 1.54) is 20.0 Å². The lowest BCUT2D eigenvalue weighted by atomic mass is 9.90. The third kappa shape index (κ3) is 6.32. The van der Waals surface area contributed by atoms with Crippen molar-refractivity contribution in [1.29, 1.82) is 0 Å². The minimum atomic E-state index is -1.32. The van der Waals surface area contributed by atoms with Gasteiger partial charge < -0.3 is 15.8 Å². The maximum atomic E-state index is 13.4. The number of nitrogens with zero attached hydrogens (tertiary/aromatic N) is 4. The molecule has 1 aromatic heterocycles. The predicted molar refractivity (Wildman–Crippen MR) is 159 cm³/mol. The van der Waals surface area contributed by atoms with Gasteiger partial charge in [0.2, 0.25) is 5.91 Å². The van der Waals surface area contributed by atoms with E-state index in [4.69, 9.17) is 38.8 Å². The van der Waals surface area contributed by atoms with Crippen LogP contribution in [0.1, 0.15) is 41.3 Å². The van der Waals surface area contributed by atoms with Gasteiger partial charge in [0.05, 0.1) is 12.3 Å². The van der Waals surface area contributed by atoms with Gasteiger partial charge in [-0.3, -0.25) is 9.59 Å². The monoisotopic (exact) mass is 588 g/mol. The first kappa shape index (κ1) is 28.1. The summed E-state index contributed by atoms with van der Waals surface area (Å²) in [6, 6.07) is 24.1. The van der Waals surface area contributed by atoms with E-state index in [0.717, 1.165) is 16.8 Å². The molecule has 0 bridgehead atoms. The molecule has 41 heavy (non-hydrogen) atoms. The topological polar surface area (TPSA) is 123 Å². The summed E-state index contributed by atoms with van der Waals surface area (Å²) < 4.78 is 5.87. The van der Waals surface area contributed by atoms with Crippen LogP contribution in [0.4, 0.5) is 5.82 Å². The first-order valence-electron chi connectivity index (χ1n) is 12.7. The van der Waals surface area contributed by atoms with Gasteiger partial charge in [0.1, 0.15) is 16.9 Å². The van der Waals surface area contributed by atoms with E-state index in [1.54, 1.807) is 41.4 Å². The SMILES string of the molecule is CC(C)(NC(=O)c1cnc(Oc2ccc(Cl)cc2)nc1N1CC(c2ccccc2)C(c2ccc(Cl)cc2)=N1)C(N)=O. The van der Waals surface area contributed by atoms with Crippen molar-refractivity contribution >= 4 is 46.5 Å². The lowest BCUT2D eigenvalue weighted by molar-refractivity contribution is -0.122. The molecule has 0 saturated carbocycles. The Kier molecular flexibility index (Phi) is 7.92. The molecule has 1 atom stereocenters. The lowest BCUT2D eigenvalue weighted by Crippen LogP contribution is -2.53. The van der Waals surface area contributed by atoms with Crippen LogP contribution in [0.25, 0.3) is 0 Å². The van der Waals surface area contributed by atoms with Crippen molar-refractivity contribution in [2.75, 3.05) is 11.6 Å². The molecular formula is C30H26Cl2N6O3. The highest BCUT2D eigenvalue weighted by molar-refractivity contribution is 6.31.